The number of nitrogens with two attached hydrogens (primary N) is 1. The SMILES string of the molecule is Nc1ccnc(CNc2cccc(O)c2)c1. The van der Waals surface area contributed by atoms with Crippen LogP contribution in [-0.4, -0.2) is 10.1 Å². The first-order chi connectivity index (χ1) is 7.74. The van der Waals surface area contributed by atoms with Crippen molar-refractivity contribution in [1.82, 2.24) is 4.98 Å². The molecule has 4 N–H and O–H groups in total. The molecule has 2 aromatic rings. The highest BCUT2D eigenvalue weighted by Gasteiger charge is 1.96. The van der Waals surface area contributed by atoms with Crippen molar-refractivity contribution in [2.24, 2.45) is 0 Å². The molecule has 0 atom stereocenters. The number of nitrogen functional groups attached to an aromatic ring is 1. The zero-order chi connectivity index (χ0) is 11.4. The predicted molar refractivity (Wildman–Crippen MR) is 64.1 cm³/mol. The van der Waals surface area contributed by atoms with Gasteiger partial charge in [0.15, 0.2) is 0 Å². The molecule has 0 unspecified atom stereocenters. The summed E-state index contributed by atoms with van der Waals surface area (Å²) >= 11 is 0. The second-order valence-corrected chi connectivity index (χ2v) is 3.48. The van der Waals surface area contributed by atoms with E-state index in [-0.39, 0.29) is 5.75 Å². The van der Waals surface area contributed by atoms with Crippen molar-refractivity contribution in [2.75, 3.05) is 11.1 Å². The van der Waals surface area contributed by atoms with Crippen LogP contribution < -0.4 is 11.1 Å². The number of pyridine rings is 1. The van der Waals surface area contributed by atoms with E-state index in [1.807, 2.05) is 12.1 Å². The molecule has 0 aliphatic rings. The lowest BCUT2D eigenvalue weighted by Gasteiger charge is -2.06. The van der Waals surface area contributed by atoms with E-state index in [4.69, 9.17) is 5.73 Å². The van der Waals surface area contributed by atoms with E-state index in [2.05, 4.69) is 10.3 Å². The molecule has 0 bridgehead atoms. The molecule has 0 fully saturated rings. The van der Waals surface area contributed by atoms with Crippen LogP contribution in [0.5, 0.6) is 5.75 Å². The summed E-state index contributed by atoms with van der Waals surface area (Å²) in [5.41, 5.74) is 8.06. The smallest absolute Gasteiger partial charge is 0.117 e. The lowest BCUT2D eigenvalue weighted by molar-refractivity contribution is 0.475. The predicted octanol–water partition coefficient (Wildman–Crippen LogP) is 1.98. The Kier molecular flexibility index (Phi) is 2.91. The van der Waals surface area contributed by atoms with Gasteiger partial charge in [-0.25, -0.2) is 0 Å². The van der Waals surface area contributed by atoms with Crippen LogP contribution in [0.25, 0.3) is 0 Å². The lowest BCUT2D eigenvalue weighted by atomic mass is 10.3. The molecule has 1 aromatic heterocycles. The van der Waals surface area contributed by atoms with Crippen LogP contribution >= 0.6 is 0 Å². The molecule has 0 aliphatic carbocycles. The summed E-state index contributed by atoms with van der Waals surface area (Å²) in [4.78, 5) is 4.17. The van der Waals surface area contributed by atoms with E-state index in [1.165, 1.54) is 0 Å². The number of hydrogen-bond donors (Lipinski definition) is 3. The lowest BCUT2D eigenvalue weighted by Crippen LogP contribution is -2.02. The van der Waals surface area contributed by atoms with Gasteiger partial charge in [0, 0.05) is 23.6 Å². The Balaban J connectivity index is 2.02. The van der Waals surface area contributed by atoms with Crippen LogP contribution in [0.1, 0.15) is 5.69 Å². The van der Waals surface area contributed by atoms with E-state index in [1.54, 1.807) is 30.5 Å². The number of phenolic OH excluding ortho intramolecular Hbond substituents is 1. The minimum Gasteiger partial charge on any atom is -0.508 e. The molecule has 2 rings (SSSR count). The van der Waals surface area contributed by atoms with Crippen molar-refractivity contribution in [3.63, 3.8) is 0 Å². The van der Waals surface area contributed by atoms with Gasteiger partial charge in [-0.05, 0) is 24.3 Å². The third-order valence-corrected chi connectivity index (χ3v) is 2.16. The van der Waals surface area contributed by atoms with Crippen LogP contribution in [0.4, 0.5) is 11.4 Å². The molecule has 4 heteroatoms. The van der Waals surface area contributed by atoms with Crippen LogP contribution in [0.3, 0.4) is 0 Å². The highest BCUT2D eigenvalue weighted by molar-refractivity contribution is 5.48. The topological polar surface area (TPSA) is 71.2 Å². The maximum absolute atomic E-state index is 9.28. The molecule has 16 heavy (non-hydrogen) atoms. The molecule has 0 saturated carbocycles. The fourth-order valence-electron chi connectivity index (χ4n) is 1.40. The summed E-state index contributed by atoms with van der Waals surface area (Å²) in [6.07, 6.45) is 1.68. The molecular formula is C12H13N3O. The molecule has 4 nitrogen and oxygen atoms in total. The van der Waals surface area contributed by atoms with Crippen LogP contribution in [-0.2, 0) is 6.54 Å². The van der Waals surface area contributed by atoms with Gasteiger partial charge < -0.3 is 16.2 Å². The molecule has 0 amide bonds. The van der Waals surface area contributed by atoms with Gasteiger partial charge >= 0.3 is 0 Å². The number of aromatic hydroxyl groups is 1. The number of benzene rings is 1. The summed E-state index contributed by atoms with van der Waals surface area (Å²) in [7, 11) is 0. The first-order valence-corrected chi connectivity index (χ1v) is 4.97. The summed E-state index contributed by atoms with van der Waals surface area (Å²) in [5.74, 6) is 0.241. The zero-order valence-electron chi connectivity index (χ0n) is 8.72. The van der Waals surface area contributed by atoms with E-state index in [0.29, 0.717) is 12.2 Å². The fourth-order valence-corrected chi connectivity index (χ4v) is 1.40. The molecule has 1 aromatic carbocycles. The highest BCUT2D eigenvalue weighted by Crippen LogP contribution is 2.16. The standard InChI is InChI=1S/C12H13N3O/c13-9-4-5-14-11(6-9)8-15-10-2-1-3-12(16)7-10/h1-7,15-16H,8H2,(H2,13,14). The van der Waals surface area contributed by atoms with Gasteiger partial charge in [0.2, 0.25) is 0 Å². The largest absolute Gasteiger partial charge is 0.508 e. The Morgan fingerprint density at radius 3 is 2.88 bits per heavy atom. The maximum atomic E-state index is 9.28. The van der Waals surface area contributed by atoms with Crippen molar-refractivity contribution in [1.29, 1.82) is 0 Å². The monoisotopic (exact) mass is 215 g/mol. The summed E-state index contributed by atoms with van der Waals surface area (Å²) in [6, 6.07) is 10.5. The maximum Gasteiger partial charge on any atom is 0.117 e. The van der Waals surface area contributed by atoms with E-state index >= 15 is 0 Å². The number of hydrogen-bond acceptors (Lipinski definition) is 4. The number of anilines is 2. The van der Waals surface area contributed by atoms with Crippen molar-refractivity contribution in [3.8, 4) is 5.75 Å². The number of rotatable bonds is 3. The molecule has 1 heterocycles. The van der Waals surface area contributed by atoms with Gasteiger partial charge in [0.25, 0.3) is 0 Å². The summed E-state index contributed by atoms with van der Waals surface area (Å²) < 4.78 is 0. The third kappa shape index (κ3) is 2.63. The quantitative estimate of drug-likeness (QED) is 0.732. The van der Waals surface area contributed by atoms with Gasteiger partial charge in [-0.15, -0.1) is 0 Å². The van der Waals surface area contributed by atoms with Gasteiger partial charge in [-0.1, -0.05) is 6.07 Å². The number of phenols is 1. The van der Waals surface area contributed by atoms with Crippen molar-refractivity contribution in [3.05, 3.63) is 48.3 Å². The van der Waals surface area contributed by atoms with Crippen molar-refractivity contribution in [2.45, 2.75) is 6.54 Å². The normalized spacial score (nSPS) is 10.0. The number of nitrogens with zero attached hydrogens (tertiary/aromatic N) is 1. The Labute approximate surface area is 93.8 Å². The van der Waals surface area contributed by atoms with Gasteiger partial charge in [0.05, 0.1) is 12.2 Å². The minimum atomic E-state index is 0.241. The zero-order valence-corrected chi connectivity index (χ0v) is 8.72. The summed E-state index contributed by atoms with van der Waals surface area (Å²) in [6.45, 7) is 0.578. The second-order valence-electron chi connectivity index (χ2n) is 3.48. The average molecular weight is 215 g/mol. The first-order valence-electron chi connectivity index (χ1n) is 4.97. The van der Waals surface area contributed by atoms with Crippen LogP contribution in [0.15, 0.2) is 42.6 Å². The fraction of sp³-hybridized carbons (Fsp3) is 0.0833. The van der Waals surface area contributed by atoms with Crippen molar-refractivity contribution < 1.29 is 5.11 Å². The number of aromatic nitrogens is 1. The Hall–Kier alpha value is -2.23. The molecule has 0 radical (unpaired) electrons. The Morgan fingerprint density at radius 2 is 2.12 bits per heavy atom. The van der Waals surface area contributed by atoms with E-state index < -0.39 is 0 Å². The first kappa shape index (κ1) is 10.3. The van der Waals surface area contributed by atoms with Crippen LogP contribution in [0.2, 0.25) is 0 Å². The summed E-state index contributed by atoms with van der Waals surface area (Å²) in [5, 5.41) is 12.4. The van der Waals surface area contributed by atoms with Gasteiger partial charge in [0.1, 0.15) is 5.75 Å². The molecule has 0 aliphatic heterocycles. The van der Waals surface area contributed by atoms with Gasteiger partial charge in [-0.2, -0.15) is 0 Å². The third-order valence-electron chi connectivity index (χ3n) is 2.16. The number of nitrogens with one attached hydrogen (secondary N) is 1. The molecular weight excluding hydrogens is 202 g/mol. The van der Waals surface area contributed by atoms with Crippen LogP contribution in [0, 0.1) is 0 Å². The average Bonchev–Trinajstić information content (AvgIpc) is 2.27. The Morgan fingerprint density at radius 1 is 1.25 bits per heavy atom. The van der Waals surface area contributed by atoms with Crippen molar-refractivity contribution >= 4 is 11.4 Å². The Bertz CT molecular complexity index is 440. The molecule has 0 spiro atoms. The molecule has 0 saturated heterocycles. The second kappa shape index (κ2) is 4.53. The minimum absolute atomic E-state index is 0.241. The van der Waals surface area contributed by atoms with Gasteiger partial charge in [-0.3, -0.25) is 4.98 Å². The molecule has 82 valence electrons. The van der Waals surface area contributed by atoms with E-state index in [9.17, 15) is 5.11 Å². The van der Waals surface area contributed by atoms with E-state index in [0.717, 1.165) is 11.4 Å². The highest BCUT2D eigenvalue weighted by atomic mass is 16.3.